The largest absolute Gasteiger partial charge is 1.00 e. The Bertz CT molecular complexity index is 508. The molecule has 17 heteroatoms. The molecule has 31 heavy (non-hydrogen) atoms. The summed E-state index contributed by atoms with van der Waals surface area (Å²) in [5.74, 6) is -1.74. The van der Waals surface area contributed by atoms with E-state index in [4.69, 9.17) is 53.6 Å². The monoisotopic (exact) mass is 486 g/mol. The molecule has 0 heterocycles. The molecule has 0 aromatic rings. The summed E-state index contributed by atoms with van der Waals surface area (Å²) in [4.78, 5) is 28.0. The van der Waals surface area contributed by atoms with Crippen molar-refractivity contribution in [1.29, 1.82) is 10.8 Å². The summed E-state index contributed by atoms with van der Waals surface area (Å²) < 4.78 is 0. The number of hydrogen-bond acceptors (Lipinski definition) is 5. The van der Waals surface area contributed by atoms with Crippen LogP contribution in [0.3, 0.4) is 0 Å². The fraction of sp³-hybridized carbons (Fsp3) is 0.571. The third-order valence-electron chi connectivity index (χ3n) is 1.35. The molecule has 0 bridgehead atoms. The summed E-state index contributed by atoms with van der Waals surface area (Å²) >= 11 is 0. The number of aliphatic imine (C=N–C) groups is 2. The zero-order chi connectivity index (χ0) is 22.0. The molecule has 0 unspecified atom stereocenters. The van der Waals surface area contributed by atoms with Gasteiger partial charge in [0.2, 0.25) is 11.9 Å². The molecule has 184 valence electrons. The number of aliphatic carboxylic acids is 2. The number of nitrogens with two attached hydrogens (primary N) is 4. The molecule has 0 rings (SSSR count). The standard InChI is InChI=1S/2C4H11N5.2C2H4O2.2CH4.ClH.Na.H2O/c2*1-9(2)4(7)8-3(5)6;2*1-2(3)4;;;;;/h2*1-2H3,(H5,5,6,7,8);2*1H3,(H,3,4);2*1H4;1H;;1H2/q;;;;;;;+1;/p-1. The van der Waals surface area contributed by atoms with Gasteiger partial charge in [0.1, 0.15) is 0 Å². The molecule has 0 saturated carbocycles. The Labute approximate surface area is 213 Å². The van der Waals surface area contributed by atoms with Crippen molar-refractivity contribution < 1.29 is 54.8 Å². The molecule has 0 aromatic carbocycles. The maximum absolute atomic E-state index is 9.00. The average Bonchev–Trinajstić information content (AvgIpc) is 2.36. The van der Waals surface area contributed by atoms with Gasteiger partial charge in [0.25, 0.3) is 11.9 Å². The minimum Gasteiger partial charge on any atom is -0.870 e. The van der Waals surface area contributed by atoms with Gasteiger partial charge in [-0.05, 0) is 0 Å². The van der Waals surface area contributed by atoms with Crippen LogP contribution >= 0.6 is 12.4 Å². The zero-order valence-corrected chi connectivity index (χ0v) is 20.5. The van der Waals surface area contributed by atoms with Crippen LogP contribution in [0, 0.1) is 10.8 Å². The van der Waals surface area contributed by atoms with Gasteiger partial charge >= 0.3 is 29.6 Å². The van der Waals surface area contributed by atoms with E-state index in [1.165, 1.54) is 4.90 Å². The summed E-state index contributed by atoms with van der Waals surface area (Å²) in [6, 6.07) is 0. The van der Waals surface area contributed by atoms with Crippen LogP contribution in [0.25, 0.3) is 0 Å². The topological polar surface area (TPSA) is 288 Å². The molecule has 0 fully saturated rings. The van der Waals surface area contributed by atoms with Crippen molar-refractivity contribution in [3.63, 3.8) is 0 Å². The maximum atomic E-state index is 9.00. The van der Waals surface area contributed by atoms with E-state index in [1.54, 1.807) is 33.1 Å². The van der Waals surface area contributed by atoms with Gasteiger partial charge in [0.15, 0.2) is 11.9 Å². The maximum Gasteiger partial charge on any atom is 1.00 e. The van der Waals surface area contributed by atoms with E-state index >= 15 is 0 Å². The van der Waals surface area contributed by atoms with Gasteiger partial charge in [-0.3, -0.25) is 20.4 Å². The normalized spacial score (nSPS) is 7.23. The Kier molecular flexibility index (Phi) is 64.3. The first-order chi connectivity index (χ1) is 11.5. The third-order valence-corrected chi connectivity index (χ3v) is 1.35. The van der Waals surface area contributed by atoms with E-state index in [-0.39, 0.29) is 86.1 Å². The molecule has 0 atom stereocenters. The molecule has 0 spiro atoms. The number of guanidine groups is 4. The van der Waals surface area contributed by atoms with Crippen molar-refractivity contribution in [2.75, 3.05) is 28.2 Å². The smallest absolute Gasteiger partial charge is 0.870 e. The third kappa shape index (κ3) is 97.6. The quantitative estimate of drug-likeness (QED) is 0.0932. The van der Waals surface area contributed by atoms with Crippen molar-refractivity contribution in [1.82, 2.24) is 9.80 Å². The molecule has 15 nitrogen and oxygen atoms in total. The van der Waals surface area contributed by atoms with Gasteiger partial charge < -0.3 is 48.4 Å². The number of hydrogen-bond donors (Lipinski definition) is 8. The minimum atomic E-state index is -0.833. The average molecular weight is 487 g/mol. The van der Waals surface area contributed by atoms with Gasteiger partial charge in [0.05, 0.1) is 0 Å². The van der Waals surface area contributed by atoms with Crippen molar-refractivity contribution in [2.24, 2.45) is 32.9 Å². The summed E-state index contributed by atoms with van der Waals surface area (Å²) in [5.41, 5.74) is 20.2. The Morgan fingerprint density at radius 1 is 0.806 bits per heavy atom. The van der Waals surface area contributed by atoms with Gasteiger partial charge in [-0.1, -0.05) is 14.9 Å². The fourth-order valence-electron chi connectivity index (χ4n) is 0.446. The van der Waals surface area contributed by atoms with Gasteiger partial charge in [-0.2, -0.15) is 9.98 Å². The number of carbonyl (C=O) groups is 2. The van der Waals surface area contributed by atoms with E-state index in [0.717, 1.165) is 13.8 Å². The van der Waals surface area contributed by atoms with Crippen molar-refractivity contribution in [3.05, 3.63) is 0 Å². The van der Waals surface area contributed by atoms with E-state index in [2.05, 4.69) is 9.98 Å². The van der Waals surface area contributed by atoms with E-state index in [0.29, 0.717) is 0 Å². The number of rotatable bonds is 0. The number of carboxylic acids is 2. The molecule has 0 aliphatic carbocycles. The first-order valence-electron chi connectivity index (χ1n) is 6.64. The summed E-state index contributed by atoms with van der Waals surface area (Å²) in [6.07, 6.45) is 0. The Balaban J connectivity index is -0.0000000298. The molecule has 0 aliphatic rings. The van der Waals surface area contributed by atoms with Crippen LogP contribution in [0.4, 0.5) is 0 Å². The molecule has 0 aliphatic heterocycles. The molecular formula is C14H40ClN10NaO5. The summed E-state index contributed by atoms with van der Waals surface area (Å²) in [7, 11) is 6.83. The summed E-state index contributed by atoms with van der Waals surface area (Å²) in [5, 5.41) is 28.6. The summed E-state index contributed by atoms with van der Waals surface area (Å²) in [6.45, 7) is 2.17. The second kappa shape index (κ2) is 35.1. The Morgan fingerprint density at radius 3 is 1.13 bits per heavy atom. The van der Waals surface area contributed by atoms with Gasteiger partial charge in [0, 0.05) is 42.0 Å². The van der Waals surface area contributed by atoms with Crippen LogP contribution in [0.15, 0.2) is 9.98 Å². The second-order valence-electron chi connectivity index (χ2n) is 4.54. The number of nitrogens with one attached hydrogen (secondary N) is 2. The number of carboxylic acid groups (broad SMARTS) is 2. The SMILES string of the molecule is C.C.CC(=O)O.CC(=O)O.CN(C)C(=N)N=C(N)N.CN(C)C(N)=NC(=N)N.Cl.[Na+].[OH-]. The Hall–Kier alpha value is -2.33. The molecule has 13 N–H and O–H groups in total. The van der Waals surface area contributed by atoms with Crippen molar-refractivity contribution >= 4 is 48.2 Å². The van der Waals surface area contributed by atoms with E-state index in [1.807, 2.05) is 0 Å². The van der Waals surface area contributed by atoms with Gasteiger partial charge in [-0.25, -0.2) is 0 Å². The van der Waals surface area contributed by atoms with Crippen LogP contribution in [-0.2, 0) is 9.59 Å². The number of nitrogens with zero attached hydrogens (tertiary/aromatic N) is 4. The molecule has 0 radical (unpaired) electrons. The molecule has 0 saturated heterocycles. The van der Waals surface area contributed by atoms with Crippen LogP contribution in [0.5, 0.6) is 0 Å². The van der Waals surface area contributed by atoms with Crippen molar-refractivity contribution in [2.45, 2.75) is 28.7 Å². The van der Waals surface area contributed by atoms with Crippen molar-refractivity contribution in [3.8, 4) is 0 Å². The van der Waals surface area contributed by atoms with Crippen LogP contribution in [0.1, 0.15) is 28.7 Å². The second-order valence-corrected chi connectivity index (χ2v) is 4.54. The van der Waals surface area contributed by atoms with Crippen LogP contribution in [0.2, 0.25) is 0 Å². The van der Waals surface area contributed by atoms with E-state index in [9.17, 15) is 0 Å². The predicted octanol–water partition coefficient (Wildman–Crippen LogP) is -3.78. The minimum absolute atomic E-state index is 0. The first kappa shape index (κ1) is 56.7. The Morgan fingerprint density at radius 2 is 1.06 bits per heavy atom. The molecule has 0 aromatic heterocycles. The van der Waals surface area contributed by atoms with Crippen LogP contribution in [-0.4, -0.2) is 89.5 Å². The first-order valence-corrected chi connectivity index (χ1v) is 6.64. The predicted molar refractivity (Wildman–Crippen MR) is 124 cm³/mol. The van der Waals surface area contributed by atoms with Crippen LogP contribution < -0.4 is 52.5 Å². The van der Waals surface area contributed by atoms with Gasteiger partial charge in [-0.15, -0.1) is 12.4 Å². The molecule has 0 amide bonds. The van der Waals surface area contributed by atoms with E-state index < -0.39 is 11.9 Å². The zero-order valence-electron chi connectivity index (χ0n) is 17.7. The molecular weight excluding hydrogens is 447 g/mol. The number of halogens is 1. The fourth-order valence-corrected chi connectivity index (χ4v) is 0.446.